The molecule has 0 fully saturated rings. The first-order chi connectivity index (χ1) is 10.8. The Morgan fingerprint density at radius 3 is 2.50 bits per heavy atom. The molecule has 0 aliphatic rings. The summed E-state index contributed by atoms with van der Waals surface area (Å²) in [5, 5.41) is 21.9. The van der Waals surface area contributed by atoms with E-state index in [0.717, 1.165) is 11.1 Å². The molecule has 0 amide bonds. The number of rotatable bonds is 3. The summed E-state index contributed by atoms with van der Waals surface area (Å²) in [6.07, 6.45) is 1.72. The number of aromatic hydroxyl groups is 1. The molecule has 0 atom stereocenters. The van der Waals surface area contributed by atoms with Crippen molar-refractivity contribution in [3.8, 4) is 22.9 Å². The van der Waals surface area contributed by atoms with Crippen LogP contribution in [0.5, 0.6) is 5.75 Å². The van der Waals surface area contributed by atoms with E-state index in [-0.39, 0.29) is 5.75 Å². The predicted octanol–water partition coefficient (Wildman–Crippen LogP) is 4.07. The van der Waals surface area contributed by atoms with Gasteiger partial charge >= 0.3 is 0 Å². The number of anilines is 2. The first-order valence-electron chi connectivity index (χ1n) is 6.78. The molecule has 2 N–H and O–H groups in total. The van der Waals surface area contributed by atoms with Gasteiger partial charge in [-0.1, -0.05) is 36.4 Å². The number of nitrogens with one attached hydrogen (secondary N) is 1. The van der Waals surface area contributed by atoms with Gasteiger partial charge < -0.3 is 10.4 Å². The minimum atomic E-state index is 0.157. The molecule has 0 saturated heterocycles. The molecule has 2 aromatic carbocycles. The van der Waals surface area contributed by atoms with Gasteiger partial charge in [0.05, 0.1) is 5.56 Å². The van der Waals surface area contributed by atoms with Crippen LogP contribution in [0.1, 0.15) is 5.56 Å². The second kappa shape index (κ2) is 5.98. The molecule has 0 aliphatic carbocycles. The lowest BCUT2D eigenvalue weighted by Gasteiger charge is -2.09. The zero-order valence-corrected chi connectivity index (χ0v) is 11.7. The SMILES string of the molecule is N#Cc1cc(-c2ccccc2)cnc1Nc1cccc(O)c1. The third kappa shape index (κ3) is 2.89. The zero-order chi connectivity index (χ0) is 15.4. The third-order valence-electron chi connectivity index (χ3n) is 3.22. The van der Waals surface area contributed by atoms with E-state index >= 15 is 0 Å². The number of hydrogen-bond donors (Lipinski definition) is 2. The van der Waals surface area contributed by atoms with Crippen LogP contribution in [0.4, 0.5) is 11.5 Å². The summed E-state index contributed by atoms with van der Waals surface area (Å²) in [7, 11) is 0. The van der Waals surface area contributed by atoms with E-state index in [1.54, 1.807) is 36.5 Å². The van der Waals surface area contributed by atoms with E-state index < -0.39 is 0 Å². The van der Waals surface area contributed by atoms with Crippen molar-refractivity contribution in [1.29, 1.82) is 5.26 Å². The number of benzene rings is 2. The highest BCUT2D eigenvalue weighted by Crippen LogP contribution is 2.25. The summed E-state index contributed by atoms with van der Waals surface area (Å²) in [4.78, 5) is 4.34. The average Bonchev–Trinajstić information content (AvgIpc) is 2.56. The minimum Gasteiger partial charge on any atom is -0.508 e. The van der Waals surface area contributed by atoms with Gasteiger partial charge in [0.15, 0.2) is 0 Å². The quantitative estimate of drug-likeness (QED) is 0.762. The van der Waals surface area contributed by atoms with Gasteiger partial charge in [0.1, 0.15) is 17.6 Å². The van der Waals surface area contributed by atoms with E-state index in [9.17, 15) is 10.4 Å². The van der Waals surface area contributed by atoms with Crippen LogP contribution in [0.15, 0.2) is 66.9 Å². The average molecular weight is 287 g/mol. The van der Waals surface area contributed by atoms with Crippen molar-refractivity contribution in [3.05, 3.63) is 72.4 Å². The second-order valence-corrected chi connectivity index (χ2v) is 4.77. The number of aromatic nitrogens is 1. The smallest absolute Gasteiger partial charge is 0.148 e. The molecule has 22 heavy (non-hydrogen) atoms. The summed E-state index contributed by atoms with van der Waals surface area (Å²) < 4.78 is 0. The number of pyridine rings is 1. The highest BCUT2D eigenvalue weighted by atomic mass is 16.3. The van der Waals surface area contributed by atoms with Gasteiger partial charge in [0, 0.05) is 23.5 Å². The Balaban J connectivity index is 1.95. The lowest BCUT2D eigenvalue weighted by molar-refractivity contribution is 0.475. The highest BCUT2D eigenvalue weighted by molar-refractivity contribution is 5.70. The van der Waals surface area contributed by atoms with Crippen molar-refractivity contribution in [2.45, 2.75) is 0 Å². The van der Waals surface area contributed by atoms with Crippen LogP contribution >= 0.6 is 0 Å². The van der Waals surface area contributed by atoms with Gasteiger partial charge in [-0.15, -0.1) is 0 Å². The molecule has 0 bridgehead atoms. The van der Waals surface area contributed by atoms with E-state index in [0.29, 0.717) is 17.1 Å². The zero-order valence-electron chi connectivity index (χ0n) is 11.7. The molecule has 0 spiro atoms. The number of phenolic OH excluding ortho intramolecular Hbond substituents is 1. The van der Waals surface area contributed by atoms with Crippen LogP contribution in [-0.4, -0.2) is 10.1 Å². The second-order valence-electron chi connectivity index (χ2n) is 4.77. The maximum Gasteiger partial charge on any atom is 0.148 e. The van der Waals surface area contributed by atoms with Gasteiger partial charge in [-0.2, -0.15) is 5.26 Å². The largest absolute Gasteiger partial charge is 0.508 e. The molecule has 0 aliphatic heterocycles. The molecule has 4 nitrogen and oxygen atoms in total. The van der Waals surface area contributed by atoms with Crippen molar-refractivity contribution in [2.75, 3.05) is 5.32 Å². The topological polar surface area (TPSA) is 68.9 Å². The van der Waals surface area contributed by atoms with Crippen molar-refractivity contribution < 1.29 is 5.11 Å². The summed E-state index contributed by atoms with van der Waals surface area (Å²) in [5.74, 6) is 0.622. The number of phenols is 1. The van der Waals surface area contributed by atoms with E-state index in [1.807, 2.05) is 30.3 Å². The maximum atomic E-state index is 9.48. The fourth-order valence-electron chi connectivity index (χ4n) is 2.16. The van der Waals surface area contributed by atoms with Gasteiger partial charge in [0.25, 0.3) is 0 Å². The monoisotopic (exact) mass is 287 g/mol. The number of nitrogens with zero attached hydrogens (tertiary/aromatic N) is 2. The molecular weight excluding hydrogens is 274 g/mol. The Bertz CT molecular complexity index is 838. The van der Waals surface area contributed by atoms with Crippen LogP contribution in [0.25, 0.3) is 11.1 Å². The molecule has 1 heterocycles. The van der Waals surface area contributed by atoms with E-state index in [1.165, 1.54) is 0 Å². The summed E-state index contributed by atoms with van der Waals surface area (Å²) >= 11 is 0. The van der Waals surface area contributed by atoms with Crippen LogP contribution in [0, 0.1) is 11.3 Å². The van der Waals surface area contributed by atoms with Crippen LogP contribution in [0.2, 0.25) is 0 Å². The first-order valence-corrected chi connectivity index (χ1v) is 6.78. The van der Waals surface area contributed by atoms with Crippen molar-refractivity contribution in [1.82, 2.24) is 4.98 Å². The molecule has 3 rings (SSSR count). The summed E-state index contributed by atoms with van der Waals surface area (Å²) in [5.41, 5.74) is 3.02. The van der Waals surface area contributed by atoms with Crippen molar-refractivity contribution in [3.63, 3.8) is 0 Å². The Kier molecular flexibility index (Phi) is 3.71. The molecule has 0 radical (unpaired) electrons. The van der Waals surface area contributed by atoms with Crippen LogP contribution < -0.4 is 5.32 Å². The Morgan fingerprint density at radius 1 is 0.955 bits per heavy atom. The molecule has 0 unspecified atom stereocenters. The molecule has 0 saturated carbocycles. The fourth-order valence-corrected chi connectivity index (χ4v) is 2.16. The number of hydrogen-bond acceptors (Lipinski definition) is 4. The van der Waals surface area contributed by atoms with Crippen LogP contribution in [-0.2, 0) is 0 Å². The van der Waals surface area contributed by atoms with Crippen LogP contribution in [0.3, 0.4) is 0 Å². The third-order valence-corrected chi connectivity index (χ3v) is 3.22. The molecule has 4 heteroatoms. The van der Waals surface area contributed by atoms with E-state index in [2.05, 4.69) is 16.4 Å². The molecule has 106 valence electrons. The Labute approximate surface area is 128 Å². The molecule has 3 aromatic rings. The lowest BCUT2D eigenvalue weighted by atomic mass is 10.1. The van der Waals surface area contributed by atoms with E-state index in [4.69, 9.17) is 0 Å². The molecular formula is C18H13N3O. The highest BCUT2D eigenvalue weighted by Gasteiger charge is 2.07. The summed E-state index contributed by atoms with van der Waals surface area (Å²) in [6.45, 7) is 0. The van der Waals surface area contributed by atoms with Gasteiger partial charge in [-0.05, 0) is 23.8 Å². The molecule has 1 aromatic heterocycles. The van der Waals surface area contributed by atoms with Gasteiger partial charge in [0.2, 0.25) is 0 Å². The fraction of sp³-hybridized carbons (Fsp3) is 0. The van der Waals surface area contributed by atoms with Crippen molar-refractivity contribution >= 4 is 11.5 Å². The Hall–Kier alpha value is -3.32. The Morgan fingerprint density at radius 2 is 1.77 bits per heavy atom. The normalized spacial score (nSPS) is 9.95. The first kappa shape index (κ1) is 13.7. The number of nitriles is 1. The maximum absolute atomic E-state index is 9.48. The van der Waals surface area contributed by atoms with Gasteiger partial charge in [-0.25, -0.2) is 4.98 Å². The lowest BCUT2D eigenvalue weighted by Crippen LogP contribution is -1.97. The van der Waals surface area contributed by atoms with Crippen molar-refractivity contribution in [2.24, 2.45) is 0 Å². The van der Waals surface area contributed by atoms with Gasteiger partial charge in [-0.3, -0.25) is 0 Å². The predicted molar refractivity (Wildman–Crippen MR) is 85.8 cm³/mol. The summed E-state index contributed by atoms with van der Waals surface area (Å²) in [6, 6.07) is 20.4. The standard InChI is InChI=1S/C18H13N3O/c19-11-14-9-15(13-5-2-1-3-6-13)12-20-18(14)21-16-7-4-8-17(22)10-16/h1-10,12,22H,(H,20,21). The minimum absolute atomic E-state index is 0.157.